The maximum absolute atomic E-state index is 12.9. The Morgan fingerprint density at radius 3 is 2.55 bits per heavy atom. The first kappa shape index (κ1) is 20.1. The highest BCUT2D eigenvalue weighted by atomic mass is 32.2. The molecule has 1 fully saturated rings. The zero-order valence-electron chi connectivity index (χ0n) is 17.1. The summed E-state index contributed by atoms with van der Waals surface area (Å²) in [7, 11) is -3.31. The van der Waals surface area contributed by atoms with Gasteiger partial charge in [0.05, 0.1) is 11.4 Å². The number of nitrogens with zero attached hydrogens (tertiary/aromatic N) is 3. The minimum Gasteiger partial charge on any atom is -0.348 e. The van der Waals surface area contributed by atoms with Crippen molar-refractivity contribution in [2.75, 3.05) is 5.75 Å². The summed E-state index contributed by atoms with van der Waals surface area (Å²) in [4.78, 5) is 17.6. The number of amides is 1. The molecule has 2 aromatic rings. The van der Waals surface area contributed by atoms with Crippen molar-refractivity contribution in [3.05, 3.63) is 41.7 Å². The lowest BCUT2D eigenvalue weighted by molar-refractivity contribution is 0.0937. The molecule has 2 aliphatic heterocycles. The molecule has 1 aromatic heterocycles. The first-order valence-corrected chi connectivity index (χ1v) is 11.9. The van der Waals surface area contributed by atoms with Gasteiger partial charge in [-0.25, -0.2) is 13.4 Å². The van der Waals surface area contributed by atoms with E-state index in [-0.39, 0.29) is 29.8 Å². The van der Waals surface area contributed by atoms with E-state index in [1.54, 1.807) is 11.2 Å². The summed E-state index contributed by atoms with van der Waals surface area (Å²) in [6.07, 6.45) is 2.17. The Bertz CT molecular complexity index is 1010. The third-order valence-electron chi connectivity index (χ3n) is 5.80. The first-order valence-electron chi connectivity index (χ1n) is 10.3. The van der Waals surface area contributed by atoms with Crippen LogP contribution in [0, 0.1) is 0 Å². The molecule has 0 radical (unpaired) electrons. The second-order valence-electron chi connectivity index (χ2n) is 8.16. The van der Waals surface area contributed by atoms with Crippen LogP contribution in [-0.4, -0.2) is 52.1 Å². The van der Waals surface area contributed by atoms with Crippen molar-refractivity contribution in [3.8, 4) is 11.4 Å². The van der Waals surface area contributed by atoms with Crippen molar-refractivity contribution in [1.82, 2.24) is 19.2 Å². The SMILES string of the molecule is CCS(=O)(=O)N1[C@@H]2CC[C@H]1Cc1c(C(=O)NC(C)C)nc(-c3ccccc3)n1C2. The van der Waals surface area contributed by atoms with Crippen LogP contribution in [0.15, 0.2) is 30.3 Å². The summed E-state index contributed by atoms with van der Waals surface area (Å²) in [5.41, 5.74) is 2.18. The molecule has 1 amide bonds. The maximum Gasteiger partial charge on any atom is 0.271 e. The summed E-state index contributed by atoms with van der Waals surface area (Å²) >= 11 is 0. The van der Waals surface area contributed by atoms with Crippen molar-refractivity contribution < 1.29 is 13.2 Å². The molecule has 4 rings (SSSR count). The highest BCUT2D eigenvalue weighted by Crippen LogP contribution is 2.37. The molecule has 1 N–H and O–H groups in total. The number of rotatable bonds is 5. The van der Waals surface area contributed by atoms with E-state index in [1.165, 1.54) is 0 Å². The van der Waals surface area contributed by atoms with Crippen molar-refractivity contribution in [1.29, 1.82) is 0 Å². The molecule has 2 aliphatic rings. The fourth-order valence-corrected chi connectivity index (χ4v) is 6.11. The monoisotopic (exact) mass is 416 g/mol. The summed E-state index contributed by atoms with van der Waals surface area (Å²) in [5, 5.41) is 2.94. The van der Waals surface area contributed by atoms with Crippen LogP contribution in [0.2, 0.25) is 0 Å². The molecule has 1 aromatic carbocycles. The second-order valence-corrected chi connectivity index (χ2v) is 10.3. The molecule has 0 saturated carbocycles. The van der Waals surface area contributed by atoms with E-state index in [0.717, 1.165) is 29.9 Å². The van der Waals surface area contributed by atoms with Gasteiger partial charge in [-0.1, -0.05) is 30.3 Å². The Morgan fingerprint density at radius 2 is 1.90 bits per heavy atom. The normalized spacial score (nSPS) is 21.8. The molecule has 0 unspecified atom stereocenters. The lowest BCUT2D eigenvalue weighted by Crippen LogP contribution is -2.42. The van der Waals surface area contributed by atoms with Gasteiger partial charge >= 0.3 is 0 Å². The van der Waals surface area contributed by atoms with Gasteiger partial charge in [-0.2, -0.15) is 4.31 Å². The Balaban J connectivity index is 1.83. The minimum atomic E-state index is -3.31. The van der Waals surface area contributed by atoms with E-state index in [2.05, 4.69) is 9.88 Å². The number of sulfonamides is 1. The van der Waals surface area contributed by atoms with Gasteiger partial charge in [-0.05, 0) is 33.6 Å². The number of imidazole rings is 1. The van der Waals surface area contributed by atoms with Crippen LogP contribution >= 0.6 is 0 Å². The first-order chi connectivity index (χ1) is 13.8. The van der Waals surface area contributed by atoms with Crippen LogP contribution in [0.5, 0.6) is 0 Å². The van der Waals surface area contributed by atoms with Gasteiger partial charge in [0.25, 0.3) is 5.91 Å². The molecule has 3 heterocycles. The molecule has 7 nitrogen and oxygen atoms in total. The summed E-state index contributed by atoms with van der Waals surface area (Å²) in [6, 6.07) is 9.58. The molecule has 156 valence electrons. The Kier molecular flexibility index (Phi) is 5.25. The molecule has 0 spiro atoms. The summed E-state index contributed by atoms with van der Waals surface area (Å²) < 4.78 is 29.3. The Hall–Kier alpha value is -2.19. The molecule has 8 heteroatoms. The number of nitrogens with one attached hydrogen (secondary N) is 1. The molecule has 2 bridgehead atoms. The van der Waals surface area contributed by atoms with Gasteiger partial charge in [-0.15, -0.1) is 0 Å². The average Bonchev–Trinajstić information content (AvgIpc) is 3.19. The van der Waals surface area contributed by atoms with Crippen molar-refractivity contribution in [3.63, 3.8) is 0 Å². The molecule has 0 aliphatic carbocycles. The molecular formula is C21H28N4O3S. The zero-order valence-corrected chi connectivity index (χ0v) is 17.9. The third kappa shape index (κ3) is 3.59. The Labute approximate surface area is 172 Å². The van der Waals surface area contributed by atoms with Crippen molar-refractivity contribution in [2.24, 2.45) is 0 Å². The van der Waals surface area contributed by atoms with E-state index in [9.17, 15) is 13.2 Å². The number of hydrogen-bond acceptors (Lipinski definition) is 4. The molecule has 1 saturated heterocycles. The quantitative estimate of drug-likeness (QED) is 0.811. The predicted molar refractivity (Wildman–Crippen MR) is 112 cm³/mol. The molecule has 29 heavy (non-hydrogen) atoms. The van der Waals surface area contributed by atoms with Crippen LogP contribution in [-0.2, 0) is 23.0 Å². The van der Waals surface area contributed by atoms with Crippen LogP contribution in [0.3, 0.4) is 0 Å². The molecule has 2 atom stereocenters. The van der Waals surface area contributed by atoms with Gasteiger partial charge < -0.3 is 9.88 Å². The van der Waals surface area contributed by atoms with Crippen LogP contribution in [0.4, 0.5) is 0 Å². The van der Waals surface area contributed by atoms with E-state index in [1.807, 2.05) is 44.2 Å². The van der Waals surface area contributed by atoms with E-state index in [4.69, 9.17) is 4.98 Å². The lowest BCUT2D eigenvalue weighted by Gasteiger charge is -2.26. The predicted octanol–water partition coefficient (Wildman–Crippen LogP) is 2.43. The standard InChI is InChI=1S/C21H28N4O3S/c1-4-29(27,28)25-16-10-11-17(25)13-24-18(12-16)19(21(26)22-14(2)3)23-20(24)15-8-6-5-7-9-15/h5-9,14,16-17H,4,10-13H2,1-3H3,(H,22,26)/t16-,17+/m0/s1. The second kappa shape index (κ2) is 7.57. The van der Waals surface area contributed by atoms with Crippen LogP contribution in [0.1, 0.15) is 49.8 Å². The number of carbonyl (C=O) groups is 1. The van der Waals surface area contributed by atoms with Gasteiger partial charge in [0.2, 0.25) is 10.0 Å². The lowest BCUT2D eigenvalue weighted by atomic mass is 10.1. The van der Waals surface area contributed by atoms with E-state index < -0.39 is 10.0 Å². The smallest absolute Gasteiger partial charge is 0.271 e. The number of carbonyl (C=O) groups excluding carboxylic acids is 1. The van der Waals surface area contributed by atoms with Gasteiger partial charge in [0, 0.05) is 36.7 Å². The van der Waals surface area contributed by atoms with Crippen molar-refractivity contribution in [2.45, 2.75) is 64.7 Å². The topological polar surface area (TPSA) is 84.3 Å². The number of aromatic nitrogens is 2. The largest absolute Gasteiger partial charge is 0.348 e. The highest BCUT2D eigenvalue weighted by Gasteiger charge is 2.44. The van der Waals surface area contributed by atoms with Crippen LogP contribution in [0.25, 0.3) is 11.4 Å². The highest BCUT2D eigenvalue weighted by molar-refractivity contribution is 7.89. The third-order valence-corrected chi connectivity index (χ3v) is 7.77. The molecular weight excluding hydrogens is 388 g/mol. The van der Waals surface area contributed by atoms with E-state index >= 15 is 0 Å². The van der Waals surface area contributed by atoms with Gasteiger partial charge in [0.15, 0.2) is 0 Å². The number of benzene rings is 1. The number of fused-ring (bicyclic) bond motifs is 3. The summed E-state index contributed by atoms with van der Waals surface area (Å²) in [6.45, 7) is 6.06. The fraction of sp³-hybridized carbons (Fsp3) is 0.524. The van der Waals surface area contributed by atoms with Crippen molar-refractivity contribution >= 4 is 15.9 Å². The maximum atomic E-state index is 12.9. The Morgan fingerprint density at radius 1 is 1.21 bits per heavy atom. The number of hydrogen-bond donors (Lipinski definition) is 1. The minimum absolute atomic E-state index is 0.000720. The van der Waals surface area contributed by atoms with Gasteiger partial charge in [-0.3, -0.25) is 4.79 Å². The fourth-order valence-electron chi connectivity index (χ4n) is 4.55. The zero-order chi connectivity index (χ0) is 20.8. The van der Waals surface area contributed by atoms with Gasteiger partial charge in [0.1, 0.15) is 11.5 Å². The summed E-state index contributed by atoms with van der Waals surface area (Å²) in [5.74, 6) is 0.629. The van der Waals surface area contributed by atoms with Crippen LogP contribution < -0.4 is 5.32 Å². The van der Waals surface area contributed by atoms with E-state index in [0.29, 0.717) is 18.7 Å². The average molecular weight is 417 g/mol.